The van der Waals surface area contributed by atoms with Crippen LogP contribution in [0.2, 0.25) is 0 Å². The molecule has 1 fully saturated rings. The van der Waals surface area contributed by atoms with Crippen LogP contribution >= 0.6 is 11.8 Å². The first-order chi connectivity index (χ1) is 15.5. The van der Waals surface area contributed by atoms with Crippen molar-refractivity contribution < 1.29 is 14.0 Å². The van der Waals surface area contributed by atoms with Crippen molar-refractivity contribution in [2.24, 2.45) is 0 Å². The monoisotopic (exact) mass is 448 g/mol. The molecule has 0 aromatic heterocycles. The average molecular weight is 449 g/mol. The number of rotatable bonds is 6. The lowest BCUT2D eigenvalue weighted by Crippen LogP contribution is -2.28. The lowest BCUT2D eigenvalue weighted by molar-refractivity contribution is -0.118. The van der Waals surface area contributed by atoms with Gasteiger partial charge in [-0.15, -0.1) is 11.8 Å². The first-order valence-corrected chi connectivity index (χ1v) is 11.7. The number of carbonyl (C=O) groups is 2. The summed E-state index contributed by atoms with van der Waals surface area (Å²) < 4.78 is 14.5. The number of nitrogens with zero attached hydrogens (tertiary/aromatic N) is 1. The Labute approximate surface area is 191 Å². The van der Waals surface area contributed by atoms with Gasteiger partial charge in [0.2, 0.25) is 11.8 Å². The van der Waals surface area contributed by atoms with Crippen molar-refractivity contribution >= 4 is 35.0 Å². The molecule has 32 heavy (non-hydrogen) atoms. The highest BCUT2D eigenvalue weighted by atomic mass is 32.2. The van der Waals surface area contributed by atoms with Gasteiger partial charge in [-0.2, -0.15) is 0 Å². The molecule has 0 spiro atoms. The van der Waals surface area contributed by atoms with Crippen LogP contribution in [-0.2, 0) is 9.59 Å². The molecule has 2 amide bonds. The Balaban J connectivity index is 1.52. The number of aryl methyl sites for hydroxylation is 1. The highest BCUT2D eigenvalue weighted by Gasteiger charge is 2.35. The van der Waals surface area contributed by atoms with Gasteiger partial charge < -0.3 is 5.32 Å². The molecule has 6 heteroatoms. The van der Waals surface area contributed by atoms with E-state index in [-0.39, 0.29) is 23.1 Å². The minimum Gasteiger partial charge on any atom is -0.326 e. The Morgan fingerprint density at radius 3 is 2.53 bits per heavy atom. The quantitative estimate of drug-likeness (QED) is 0.500. The van der Waals surface area contributed by atoms with Gasteiger partial charge >= 0.3 is 0 Å². The first-order valence-electron chi connectivity index (χ1n) is 10.6. The van der Waals surface area contributed by atoms with E-state index in [2.05, 4.69) is 5.32 Å². The van der Waals surface area contributed by atoms with E-state index >= 15 is 0 Å². The maximum absolute atomic E-state index is 14.5. The third-order valence-electron chi connectivity index (χ3n) is 5.62. The molecule has 0 radical (unpaired) electrons. The van der Waals surface area contributed by atoms with Crippen molar-refractivity contribution in [1.82, 2.24) is 0 Å². The van der Waals surface area contributed by atoms with E-state index in [4.69, 9.17) is 0 Å². The van der Waals surface area contributed by atoms with Crippen LogP contribution in [0.3, 0.4) is 0 Å². The van der Waals surface area contributed by atoms with Gasteiger partial charge in [0.15, 0.2) is 0 Å². The van der Waals surface area contributed by atoms with Crippen LogP contribution in [0.1, 0.15) is 41.3 Å². The number of anilines is 2. The molecule has 3 aromatic rings. The Morgan fingerprint density at radius 2 is 1.84 bits per heavy atom. The largest absolute Gasteiger partial charge is 0.326 e. The molecule has 1 saturated heterocycles. The zero-order valence-corrected chi connectivity index (χ0v) is 18.9. The van der Waals surface area contributed by atoms with Crippen LogP contribution in [0.4, 0.5) is 15.8 Å². The average Bonchev–Trinajstić information content (AvgIpc) is 3.18. The summed E-state index contributed by atoms with van der Waals surface area (Å²) in [5, 5.41) is 2.68. The normalized spacial score (nSPS) is 16.8. The Bertz CT molecular complexity index is 1120. The summed E-state index contributed by atoms with van der Waals surface area (Å²) in [4.78, 5) is 26.9. The molecule has 1 heterocycles. The fourth-order valence-corrected chi connectivity index (χ4v) is 5.13. The molecule has 0 aliphatic carbocycles. The van der Waals surface area contributed by atoms with Crippen LogP contribution in [-0.4, -0.2) is 17.6 Å². The smallest absolute Gasteiger partial charge is 0.238 e. The molecule has 4 nitrogen and oxygen atoms in total. The maximum Gasteiger partial charge on any atom is 0.238 e. The molecule has 1 aliphatic heterocycles. The molecule has 4 rings (SSSR count). The summed E-state index contributed by atoms with van der Waals surface area (Å²) in [6.07, 6.45) is 0.700. The van der Waals surface area contributed by atoms with E-state index in [9.17, 15) is 14.0 Å². The zero-order valence-electron chi connectivity index (χ0n) is 18.0. The van der Waals surface area contributed by atoms with Crippen LogP contribution in [0, 0.1) is 12.7 Å². The van der Waals surface area contributed by atoms with Crippen molar-refractivity contribution in [3.8, 4) is 0 Å². The zero-order chi connectivity index (χ0) is 22.7. The second-order valence-electron chi connectivity index (χ2n) is 7.86. The lowest BCUT2D eigenvalue weighted by Gasteiger charge is -2.25. The number of hydrogen-bond donors (Lipinski definition) is 1. The van der Waals surface area contributed by atoms with E-state index in [1.165, 1.54) is 22.7 Å². The lowest BCUT2D eigenvalue weighted by atomic mass is 9.95. The second-order valence-corrected chi connectivity index (χ2v) is 8.93. The summed E-state index contributed by atoms with van der Waals surface area (Å²) in [6.45, 7) is 3.87. The predicted octanol–water partition coefficient (Wildman–Crippen LogP) is 6.05. The van der Waals surface area contributed by atoms with E-state index < -0.39 is 5.82 Å². The SMILES string of the molecule is CC[C@@H](C(=O)Nc1ccc([C@H]2SCC(=O)N2c2cc(C)ccc2F)cc1)c1ccccc1. The van der Waals surface area contributed by atoms with Crippen molar-refractivity contribution in [2.75, 3.05) is 16.0 Å². The van der Waals surface area contributed by atoms with Gasteiger partial charge in [0.05, 0.1) is 17.4 Å². The standard InChI is InChI=1S/C26H25FN2O2S/c1-3-21(18-7-5-4-6-8-18)25(31)28-20-12-10-19(11-13-20)26-29(24(30)16-32-26)23-15-17(2)9-14-22(23)27/h4-15,21,26H,3,16H2,1-2H3,(H,28,31)/t21-,26-/m1/s1. The van der Waals surface area contributed by atoms with Crippen LogP contribution in [0.25, 0.3) is 0 Å². The van der Waals surface area contributed by atoms with Gasteiger partial charge in [-0.05, 0) is 54.3 Å². The van der Waals surface area contributed by atoms with Gasteiger partial charge in [0, 0.05) is 5.69 Å². The molecular weight excluding hydrogens is 423 g/mol. The van der Waals surface area contributed by atoms with E-state index in [0.29, 0.717) is 23.5 Å². The molecule has 1 N–H and O–H groups in total. The minimum absolute atomic E-state index is 0.0553. The van der Waals surface area contributed by atoms with Gasteiger partial charge in [0.1, 0.15) is 11.2 Å². The number of thioether (sulfide) groups is 1. The van der Waals surface area contributed by atoms with Crippen molar-refractivity contribution in [1.29, 1.82) is 0 Å². The third kappa shape index (κ3) is 4.55. The van der Waals surface area contributed by atoms with Crippen LogP contribution < -0.4 is 10.2 Å². The van der Waals surface area contributed by atoms with Gasteiger partial charge in [-0.3, -0.25) is 14.5 Å². The number of carbonyl (C=O) groups excluding carboxylic acids is 2. The van der Waals surface area contributed by atoms with Crippen LogP contribution in [0.5, 0.6) is 0 Å². The van der Waals surface area contributed by atoms with Gasteiger partial charge in [-0.25, -0.2) is 4.39 Å². The summed E-state index contributed by atoms with van der Waals surface area (Å²) in [7, 11) is 0. The van der Waals surface area contributed by atoms with E-state index in [0.717, 1.165) is 16.7 Å². The number of benzene rings is 3. The molecule has 0 saturated carbocycles. The summed E-state index contributed by atoms with van der Waals surface area (Å²) >= 11 is 1.47. The summed E-state index contributed by atoms with van der Waals surface area (Å²) in [5.74, 6) is -0.507. The van der Waals surface area contributed by atoms with Crippen molar-refractivity contribution in [3.05, 3.63) is 95.3 Å². The first kappa shape index (κ1) is 22.1. The molecule has 2 atom stereocenters. The van der Waals surface area contributed by atoms with E-state index in [1.54, 1.807) is 12.1 Å². The summed E-state index contributed by atoms with van der Waals surface area (Å²) in [6, 6.07) is 22.0. The van der Waals surface area contributed by atoms with Crippen molar-refractivity contribution in [2.45, 2.75) is 31.6 Å². The number of hydrogen-bond acceptors (Lipinski definition) is 3. The highest BCUT2D eigenvalue weighted by Crippen LogP contribution is 2.43. The number of nitrogens with one attached hydrogen (secondary N) is 1. The molecule has 3 aromatic carbocycles. The predicted molar refractivity (Wildman–Crippen MR) is 128 cm³/mol. The molecule has 1 aliphatic rings. The number of amides is 2. The fourth-order valence-electron chi connectivity index (χ4n) is 3.96. The van der Waals surface area contributed by atoms with Gasteiger partial charge in [0.25, 0.3) is 0 Å². The molecule has 0 unspecified atom stereocenters. The topological polar surface area (TPSA) is 49.4 Å². The van der Waals surface area contributed by atoms with Crippen LogP contribution in [0.15, 0.2) is 72.8 Å². The van der Waals surface area contributed by atoms with E-state index in [1.807, 2.05) is 68.4 Å². The van der Waals surface area contributed by atoms with Gasteiger partial charge in [-0.1, -0.05) is 55.5 Å². The second kappa shape index (κ2) is 9.57. The Morgan fingerprint density at radius 1 is 1.12 bits per heavy atom. The molecule has 164 valence electrons. The Hall–Kier alpha value is -3.12. The third-order valence-corrected chi connectivity index (χ3v) is 6.83. The Kier molecular flexibility index (Phi) is 6.61. The fraction of sp³-hybridized carbons (Fsp3) is 0.231. The maximum atomic E-state index is 14.5. The molecular formula is C26H25FN2O2S. The molecule has 0 bridgehead atoms. The van der Waals surface area contributed by atoms with Crippen molar-refractivity contribution in [3.63, 3.8) is 0 Å². The highest BCUT2D eigenvalue weighted by molar-refractivity contribution is 8.00. The minimum atomic E-state index is -0.410. The summed E-state index contributed by atoms with van der Waals surface area (Å²) in [5.41, 5.74) is 3.76. The number of halogens is 1.